The fourth-order valence-electron chi connectivity index (χ4n) is 3.63. The summed E-state index contributed by atoms with van der Waals surface area (Å²) in [6, 6.07) is 4.68. The summed E-state index contributed by atoms with van der Waals surface area (Å²) < 4.78 is 11.8. The van der Waals surface area contributed by atoms with E-state index in [1.165, 1.54) is 6.07 Å². The van der Waals surface area contributed by atoms with Crippen molar-refractivity contribution < 1.29 is 24.5 Å². The fourth-order valence-corrected chi connectivity index (χ4v) is 3.63. The first-order valence-electron chi connectivity index (χ1n) is 9.55. The molecule has 0 saturated heterocycles. The SMILES string of the molecule is CC(C)(O)CCc1ccc(O)c2oc3cc4c(c(O)c3c(=O)c12)C=CC(C)(C)O4. The molecular weight excluding hydrogens is 372 g/mol. The molecule has 2 heterocycles. The minimum Gasteiger partial charge on any atom is -0.506 e. The van der Waals surface area contributed by atoms with E-state index in [9.17, 15) is 20.1 Å². The van der Waals surface area contributed by atoms with Crippen molar-refractivity contribution in [3.8, 4) is 17.2 Å². The third kappa shape index (κ3) is 3.34. The zero-order valence-electron chi connectivity index (χ0n) is 16.9. The molecule has 3 N–H and O–H groups in total. The topological polar surface area (TPSA) is 100 Å². The van der Waals surface area contributed by atoms with Crippen LogP contribution in [0.5, 0.6) is 17.2 Å². The molecule has 6 nitrogen and oxygen atoms in total. The summed E-state index contributed by atoms with van der Waals surface area (Å²) in [4.78, 5) is 13.4. The molecule has 0 atom stereocenters. The van der Waals surface area contributed by atoms with Crippen LogP contribution in [0.3, 0.4) is 0 Å². The van der Waals surface area contributed by atoms with E-state index in [2.05, 4.69) is 0 Å². The van der Waals surface area contributed by atoms with Crippen molar-refractivity contribution in [2.45, 2.75) is 51.7 Å². The summed E-state index contributed by atoms with van der Waals surface area (Å²) >= 11 is 0. The molecule has 1 aliphatic rings. The maximum absolute atomic E-state index is 13.4. The number of aromatic hydroxyl groups is 2. The summed E-state index contributed by atoms with van der Waals surface area (Å²) in [5.74, 6) is 0.0312. The Morgan fingerprint density at radius 2 is 1.86 bits per heavy atom. The molecule has 4 rings (SSSR count). The highest BCUT2D eigenvalue weighted by atomic mass is 16.5. The highest BCUT2D eigenvalue weighted by molar-refractivity contribution is 5.99. The molecule has 0 aliphatic carbocycles. The van der Waals surface area contributed by atoms with Crippen molar-refractivity contribution in [1.82, 2.24) is 0 Å². The normalized spacial score (nSPS) is 15.5. The Balaban J connectivity index is 2.02. The molecule has 0 amide bonds. The Bertz CT molecular complexity index is 1220. The van der Waals surface area contributed by atoms with E-state index in [1.807, 2.05) is 19.9 Å². The first-order chi connectivity index (χ1) is 13.5. The number of hydrogen-bond donors (Lipinski definition) is 3. The van der Waals surface area contributed by atoms with Crippen molar-refractivity contribution in [3.63, 3.8) is 0 Å². The lowest BCUT2D eigenvalue weighted by Crippen LogP contribution is -2.27. The van der Waals surface area contributed by atoms with Gasteiger partial charge in [-0.15, -0.1) is 0 Å². The third-order valence-corrected chi connectivity index (χ3v) is 5.19. The monoisotopic (exact) mass is 396 g/mol. The maximum Gasteiger partial charge on any atom is 0.204 e. The van der Waals surface area contributed by atoms with Crippen LogP contribution in [-0.2, 0) is 6.42 Å². The van der Waals surface area contributed by atoms with Crippen LogP contribution in [0.2, 0.25) is 0 Å². The summed E-state index contributed by atoms with van der Waals surface area (Å²) in [6.07, 6.45) is 4.38. The Kier molecular flexibility index (Phi) is 4.17. The highest BCUT2D eigenvalue weighted by Gasteiger charge is 2.27. The van der Waals surface area contributed by atoms with Gasteiger partial charge in [-0.1, -0.05) is 6.07 Å². The van der Waals surface area contributed by atoms with Crippen LogP contribution in [-0.4, -0.2) is 26.5 Å². The average molecular weight is 396 g/mol. The minimum absolute atomic E-state index is 0.0410. The number of benzene rings is 2. The van der Waals surface area contributed by atoms with Gasteiger partial charge in [0.1, 0.15) is 28.1 Å². The van der Waals surface area contributed by atoms with E-state index in [0.29, 0.717) is 29.7 Å². The largest absolute Gasteiger partial charge is 0.506 e. The predicted octanol–water partition coefficient (Wildman–Crippen LogP) is 4.25. The van der Waals surface area contributed by atoms with Crippen LogP contribution < -0.4 is 10.2 Å². The molecule has 1 aliphatic heterocycles. The molecule has 0 bridgehead atoms. The number of rotatable bonds is 3. The third-order valence-electron chi connectivity index (χ3n) is 5.19. The lowest BCUT2D eigenvalue weighted by Gasteiger charge is -2.28. The van der Waals surface area contributed by atoms with Crippen LogP contribution in [0.4, 0.5) is 0 Å². The molecule has 1 aromatic heterocycles. The van der Waals surface area contributed by atoms with E-state index < -0.39 is 16.6 Å². The van der Waals surface area contributed by atoms with Gasteiger partial charge in [-0.25, -0.2) is 0 Å². The zero-order chi connectivity index (χ0) is 21.1. The molecule has 0 radical (unpaired) electrons. The van der Waals surface area contributed by atoms with Gasteiger partial charge in [0.05, 0.1) is 16.6 Å². The minimum atomic E-state index is -0.905. The number of ether oxygens (including phenoxy) is 1. The molecule has 0 saturated carbocycles. The van der Waals surface area contributed by atoms with E-state index in [-0.39, 0.29) is 33.4 Å². The lowest BCUT2D eigenvalue weighted by molar-refractivity contribution is 0.0715. The second-order valence-electron chi connectivity index (χ2n) is 8.74. The van der Waals surface area contributed by atoms with E-state index >= 15 is 0 Å². The second kappa shape index (κ2) is 6.26. The maximum atomic E-state index is 13.4. The average Bonchev–Trinajstić information content (AvgIpc) is 2.59. The van der Waals surface area contributed by atoms with Gasteiger partial charge >= 0.3 is 0 Å². The molecule has 0 fully saturated rings. The Morgan fingerprint density at radius 3 is 2.55 bits per heavy atom. The van der Waals surface area contributed by atoms with Crippen LogP contribution in [0.15, 0.2) is 33.5 Å². The first kappa shape index (κ1) is 19.3. The van der Waals surface area contributed by atoms with Crippen molar-refractivity contribution in [2.24, 2.45) is 0 Å². The molecule has 2 aromatic carbocycles. The quantitative estimate of drug-likeness (QED) is 0.573. The van der Waals surface area contributed by atoms with Gasteiger partial charge in [0.15, 0.2) is 11.3 Å². The van der Waals surface area contributed by atoms with Gasteiger partial charge < -0.3 is 24.5 Å². The molecule has 29 heavy (non-hydrogen) atoms. The van der Waals surface area contributed by atoms with Crippen LogP contribution in [0.1, 0.15) is 45.2 Å². The zero-order valence-corrected chi connectivity index (χ0v) is 16.9. The number of phenols is 2. The second-order valence-corrected chi connectivity index (χ2v) is 8.74. The van der Waals surface area contributed by atoms with Gasteiger partial charge in [0.25, 0.3) is 0 Å². The number of aryl methyl sites for hydroxylation is 1. The van der Waals surface area contributed by atoms with Crippen molar-refractivity contribution >= 4 is 28.0 Å². The number of hydrogen-bond acceptors (Lipinski definition) is 6. The van der Waals surface area contributed by atoms with Gasteiger partial charge in [0, 0.05) is 6.07 Å². The number of phenolic OH excluding ortho intramolecular Hbond substituents is 2. The summed E-state index contributed by atoms with van der Waals surface area (Å²) in [5, 5.41) is 31.4. The number of aliphatic hydroxyl groups is 1. The van der Waals surface area contributed by atoms with E-state index in [0.717, 1.165) is 0 Å². The molecule has 152 valence electrons. The number of fused-ring (bicyclic) bond motifs is 3. The smallest absolute Gasteiger partial charge is 0.204 e. The fraction of sp³-hybridized carbons (Fsp3) is 0.348. The Hall–Kier alpha value is -2.99. The summed E-state index contributed by atoms with van der Waals surface area (Å²) in [5.41, 5.74) is -0.641. The van der Waals surface area contributed by atoms with Crippen LogP contribution >= 0.6 is 0 Å². The van der Waals surface area contributed by atoms with Gasteiger partial charge in [-0.05, 0) is 64.3 Å². The molecule has 6 heteroatoms. The molecule has 0 unspecified atom stereocenters. The summed E-state index contributed by atoms with van der Waals surface area (Å²) in [6.45, 7) is 7.15. The van der Waals surface area contributed by atoms with Crippen molar-refractivity contribution in [2.75, 3.05) is 0 Å². The lowest BCUT2D eigenvalue weighted by atomic mass is 9.95. The van der Waals surface area contributed by atoms with E-state index in [1.54, 1.807) is 32.1 Å². The van der Waals surface area contributed by atoms with Crippen molar-refractivity contribution in [1.29, 1.82) is 0 Å². The van der Waals surface area contributed by atoms with Gasteiger partial charge in [-0.2, -0.15) is 0 Å². The molecule has 0 spiro atoms. The van der Waals surface area contributed by atoms with Crippen molar-refractivity contribution in [3.05, 3.63) is 45.6 Å². The molecule has 3 aromatic rings. The van der Waals surface area contributed by atoms with Gasteiger partial charge in [0.2, 0.25) is 5.43 Å². The first-order valence-corrected chi connectivity index (χ1v) is 9.55. The summed E-state index contributed by atoms with van der Waals surface area (Å²) in [7, 11) is 0. The standard InChI is InChI=1S/C23H24O6/c1-22(2,27)9-7-12-5-6-14(24)21-17(12)20(26)18-16(28-21)11-15-13(19(18)25)8-10-23(3,4)29-15/h5-6,8,10-11,24-25,27H,7,9H2,1-4H3. The Morgan fingerprint density at radius 1 is 1.14 bits per heavy atom. The Labute approximate surface area is 167 Å². The van der Waals surface area contributed by atoms with Gasteiger partial charge in [-0.3, -0.25) is 4.79 Å². The van der Waals surface area contributed by atoms with E-state index in [4.69, 9.17) is 9.15 Å². The van der Waals surface area contributed by atoms with Crippen LogP contribution in [0.25, 0.3) is 28.0 Å². The van der Waals surface area contributed by atoms with Crippen LogP contribution in [0, 0.1) is 0 Å². The molecular formula is C23H24O6. The highest BCUT2D eigenvalue weighted by Crippen LogP contribution is 2.42. The predicted molar refractivity (Wildman–Crippen MR) is 112 cm³/mol.